The van der Waals surface area contributed by atoms with E-state index in [1.807, 2.05) is 37.3 Å². The van der Waals surface area contributed by atoms with Crippen molar-refractivity contribution < 1.29 is 14.3 Å². The Morgan fingerprint density at radius 3 is 2.79 bits per heavy atom. The molecule has 1 aromatic carbocycles. The largest absolute Gasteiger partial charge is 0.376 e. The van der Waals surface area contributed by atoms with Crippen molar-refractivity contribution >= 4 is 23.0 Å². The molecule has 4 rings (SSSR count). The average Bonchev–Trinajstić information content (AvgIpc) is 3.36. The maximum absolute atomic E-state index is 12.8. The summed E-state index contributed by atoms with van der Waals surface area (Å²) in [5, 5.41) is 5.75. The number of imidazole rings is 1. The summed E-state index contributed by atoms with van der Waals surface area (Å²) in [4.78, 5) is 29.9. The second-order valence-electron chi connectivity index (χ2n) is 6.85. The van der Waals surface area contributed by atoms with Gasteiger partial charge in [-0.25, -0.2) is 4.98 Å². The molecular formula is C21H22N4O3. The van der Waals surface area contributed by atoms with Gasteiger partial charge in [0, 0.05) is 25.0 Å². The number of amides is 2. The van der Waals surface area contributed by atoms with Gasteiger partial charge in [0.2, 0.25) is 5.82 Å². The van der Waals surface area contributed by atoms with Crippen molar-refractivity contribution in [1.82, 2.24) is 14.7 Å². The molecule has 2 amide bonds. The van der Waals surface area contributed by atoms with Gasteiger partial charge in [-0.15, -0.1) is 0 Å². The van der Waals surface area contributed by atoms with Crippen LogP contribution in [0.4, 0.5) is 5.69 Å². The zero-order valence-corrected chi connectivity index (χ0v) is 15.6. The minimum Gasteiger partial charge on any atom is -0.376 e. The Kier molecular flexibility index (Phi) is 5.08. The molecule has 144 valence electrons. The van der Waals surface area contributed by atoms with Crippen LogP contribution in [0.5, 0.6) is 0 Å². The molecule has 3 aromatic rings. The first kappa shape index (κ1) is 18.2. The molecular weight excluding hydrogens is 356 g/mol. The monoisotopic (exact) mass is 378 g/mol. The third kappa shape index (κ3) is 3.61. The molecule has 0 bridgehead atoms. The molecule has 0 spiro atoms. The molecule has 28 heavy (non-hydrogen) atoms. The van der Waals surface area contributed by atoms with E-state index in [1.165, 1.54) is 0 Å². The molecule has 3 heterocycles. The number of fused-ring (bicyclic) bond motifs is 1. The summed E-state index contributed by atoms with van der Waals surface area (Å²) < 4.78 is 7.18. The van der Waals surface area contributed by atoms with Crippen molar-refractivity contribution in [2.75, 3.05) is 18.5 Å². The lowest BCUT2D eigenvalue weighted by atomic mass is 10.2. The zero-order valence-electron chi connectivity index (χ0n) is 15.6. The Balaban J connectivity index is 1.59. The van der Waals surface area contributed by atoms with Crippen LogP contribution < -0.4 is 10.6 Å². The highest BCUT2D eigenvalue weighted by Gasteiger charge is 2.23. The number of hydrogen-bond acceptors (Lipinski definition) is 4. The van der Waals surface area contributed by atoms with Crippen molar-refractivity contribution in [3.63, 3.8) is 0 Å². The molecule has 1 saturated heterocycles. The van der Waals surface area contributed by atoms with Crippen LogP contribution in [-0.2, 0) is 4.74 Å². The molecule has 2 aromatic heterocycles. The van der Waals surface area contributed by atoms with Gasteiger partial charge in [0.25, 0.3) is 11.8 Å². The van der Waals surface area contributed by atoms with E-state index in [0.717, 1.165) is 25.0 Å². The highest BCUT2D eigenvalue weighted by Crippen LogP contribution is 2.18. The molecule has 7 nitrogen and oxygen atoms in total. The number of aryl methyl sites for hydroxylation is 1. The number of carbonyl (C=O) groups excluding carboxylic acids is 2. The predicted molar refractivity (Wildman–Crippen MR) is 106 cm³/mol. The fourth-order valence-corrected chi connectivity index (χ4v) is 3.35. The van der Waals surface area contributed by atoms with Crippen LogP contribution in [0.25, 0.3) is 5.52 Å². The highest BCUT2D eigenvalue weighted by molar-refractivity contribution is 6.09. The summed E-state index contributed by atoms with van der Waals surface area (Å²) in [6, 6.07) is 12.9. The van der Waals surface area contributed by atoms with Gasteiger partial charge in [0.05, 0.1) is 11.6 Å². The number of nitrogens with zero attached hydrogens (tertiary/aromatic N) is 2. The van der Waals surface area contributed by atoms with Crippen LogP contribution in [0.15, 0.2) is 48.7 Å². The fraction of sp³-hybridized carbons (Fsp3) is 0.286. The lowest BCUT2D eigenvalue weighted by molar-refractivity contribution is 0.0848. The van der Waals surface area contributed by atoms with Gasteiger partial charge < -0.3 is 15.4 Å². The number of nitrogens with one attached hydrogen (secondary N) is 2. The van der Waals surface area contributed by atoms with Gasteiger partial charge in [0.1, 0.15) is 0 Å². The average molecular weight is 378 g/mol. The minimum atomic E-state index is -0.351. The number of hydrogen-bond donors (Lipinski definition) is 2. The molecule has 1 aliphatic heterocycles. The number of anilines is 1. The summed E-state index contributed by atoms with van der Waals surface area (Å²) >= 11 is 0. The van der Waals surface area contributed by atoms with E-state index in [9.17, 15) is 9.59 Å². The first-order valence-corrected chi connectivity index (χ1v) is 9.37. The van der Waals surface area contributed by atoms with Gasteiger partial charge in [-0.1, -0.05) is 24.3 Å². The zero-order chi connectivity index (χ0) is 19.5. The second-order valence-corrected chi connectivity index (χ2v) is 6.85. The Morgan fingerprint density at radius 2 is 2.00 bits per heavy atom. The summed E-state index contributed by atoms with van der Waals surface area (Å²) in [5.74, 6) is -0.494. The second kappa shape index (κ2) is 7.82. The van der Waals surface area contributed by atoms with E-state index in [-0.39, 0.29) is 29.4 Å². The molecule has 1 fully saturated rings. The molecule has 0 radical (unpaired) electrons. The Morgan fingerprint density at radius 1 is 1.18 bits per heavy atom. The SMILES string of the molecule is Cc1ccccc1NC(=O)c1nc(C(=O)NCC2CCCO2)n2ccccc12. The molecule has 7 heteroatoms. The smallest absolute Gasteiger partial charge is 0.287 e. The van der Waals surface area contributed by atoms with Crippen LogP contribution in [0, 0.1) is 6.92 Å². The first-order chi connectivity index (χ1) is 13.6. The fourth-order valence-electron chi connectivity index (χ4n) is 3.35. The topological polar surface area (TPSA) is 84.7 Å². The molecule has 0 saturated carbocycles. The molecule has 1 aliphatic rings. The third-order valence-electron chi connectivity index (χ3n) is 4.87. The van der Waals surface area contributed by atoms with Gasteiger partial charge in [-0.3, -0.25) is 14.0 Å². The van der Waals surface area contributed by atoms with Gasteiger partial charge in [-0.2, -0.15) is 0 Å². The van der Waals surface area contributed by atoms with Crippen molar-refractivity contribution in [3.05, 3.63) is 65.7 Å². The standard InChI is InChI=1S/C21H22N4O3/c1-14-7-2-3-9-16(14)23-20(26)18-17-10-4-5-11-25(17)19(24-18)21(27)22-13-15-8-6-12-28-15/h2-5,7,9-11,15H,6,8,12-13H2,1H3,(H,22,27)(H,23,26). The van der Waals surface area contributed by atoms with Crippen LogP contribution in [0.2, 0.25) is 0 Å². The molecule has 2 N–H and O–H groups in total. The van der Waals surface area contributed by atoms with Crippen molar-refractivity contribution in [1.29, 1.82) is 0 Å². The Hall–Kier alpha value is -3.19. The maximum Gasteiger partial charge on any atom is 0.287 e. The highest BCUT2D eigenvalue weighted by atomic mass is 16.5. The van der Waals surface area contributed by atoms with Crippen molar-refractivity contribution in [2.24, 2.45) is 0 Å². The summed E-state index contributed by atoms with van der Waals surface area (Å²) in [6.45, 7) is 3.09. The van der Waals surface area contributed by atoms with Crippen LogP contribution in [-0.4, -0.2) is 40.5 Å². The first-order valence-electron chi connectivity index (χ1n) is 9.37. The van der Waals surface area contributed by atoms with Crippen LogP contribution in [0.3, 0.4) is 0 Å². The van der Waals surface area contributed by atoms with Gasteiger partial charge in [0.15, 0.2) is 5.69 Å². The van der Waals surface area contributed by atoms with E-state index in [4.69, 9.17) is 4.74 Å². The summed E-state index contributed by atoms with van der Waals surface area (Å²) in [6.07, 6.45) is 3.72. The normalized spacial score (nSPS) is 16.2. The quantitative estimate of drug-likeness (QED) is 0.715. The van der Waals surface area contributed by atoms with Crippen molar-refractivity contribution in [2.45, 2.75) is 25.9 Å². The number of benzene rings is 1. The van der Waals surface area contributed by atoms with E-state index < -0.39 is 0 Å². The molecule has 1 atom stereocenters. The number of rotatable bonds is 5. The van der Waals surface area contributed by atoms with E-state index in [1.54, 1.807) is 22.7 Å². The number of ether oxygens (including phenoxy) is 1. The number of para-hydroxylation sites is 1. The van der Waals surface area contributed by atoms with Gasteiger partial charge in [-0.05, 0) is 43.5 Å². The minimum absolute atomic E-state index is 0.0407. The van der Waals surface area contributed by atoms with E-state index in [0.29, 0.717) is 17.7 Å². The maximum atomic E-state index is 12.8. The molecule has 1 unspecified atom stereocenters. The number of carbonyl (C=O) groups is 2. The Bertz CT molecular complexity index is 1020. The molecule has 0 aliphatic carbocycles. The van der Waals surface area contributed by atoms with Crippen LogP contribution >= 0.6 is 0 Å². The summed E-state index contributed by atoms with van der Waals surface area (Å²) in [5.41, 5.74) is 2.46. The number of pyridine rings is 1. The van der Waals surface area contributed by atoms with Crippen molar-refractivity contribution in [3.8, 4) is 0 Å². The lowest BCUT2D eigenvalue weighted by Gasteiger charge is -2.10. The Labute approximate surface area is 162 Å². The van der Waals surface area contributed by atoms with E-state index in [2.05, 4.69) is 15.6 Å². The summed E-state index contributed by atoms with van der Waals surface area (Å²) in [7, 11) is 0. The lowest BCUT2D eigenvalue weighted by Crippen LogP contribution is -2.33. The van der Waals surface area contributed by atoms with Crippen LogP contribution in [0.1, 0.15) is 39.5 Å². The predicted octanol–water partition coefficient (Wildman–Crippen LogP) is 2.80. The third-order valence-corrected chi connectivity index (χ3v) is 4.87. The number of aromatic nitrogens is 2. The van der Waals surface area contributed by atoms with Gasteiger partial charge >= 0.3 is 0 Å². The van der Waals surface area contributed by atoms with E-state index >= 15 is 0 Å².